The molecule has 0 bridgehead atoms. The minimum absolute atomic E-state index is 0.0248. The number of likely N-dealkylation sites (tertiary alicyclic amines) is 1. The molecule has 5 nitrogen and oxygen atoms in total. The van der Waals surface area contributed by atoms with Crippen LogP contribution in [0.25, 0.3) is 0 Å². The summed E-state index contributed by atoms with van der Waals surface area (Å²) in [7, 11) is 0. The molecule has 0 spiro atoms. The minimum Gasteiger partial charge on any atom is -0.353 e. The van der Waals surface area contributed by atoms with Crippen molar-refractivity contribution in [3.63, 3.8) is 0 Å². The van der Waals surface area contributed by atoms with Crippen molar-refractivity contribution in [2.75, 3.05) is 13.1 Å². The third-order valence-electron chi connectivity index (χ3n) is 6.05. The molecule has 0 radical (unpaired) electrons. The molecule has 0 aliphatic carbocycles. The Morgan fingerprint density at radius 3 is 2.58 bits per heavy atom. The van der Waals surface area contributed by atoms with Crippen LogP contribution in [-0.2, 0) is 11.3 Å². The van der Waals surface area contributed by atoms with E-state index in [1.807, 2.05) is 50.2 Å². The normalized spacial score (nSPS) is 19.5. The van der Waals surface area contributed by atoms with Gasteiger partial charge in [0.2, 0.25) is 5.91 Å². The lowest BCUT2D eigenvalue weighted by atomic mass is 9.83. The molecule has 0 aromatic heterocycles. The van der Waals surface area contributed by atoms with E-state index in [-0.39, 0.29) is 35.6 Å². The zero-order valence-corrected chi connectivity index (χ0v) is 18.5. The molecule has 1 aliphatic rings. The van der Waals surface area contributed by atoms with E-state index in [0.717, 1.165) is 17.5 Å². The second-order valence-corrected chi connectivity index (χ2v) is 8.51. The van der Waals surface area contributed by atoms with E-state index < -0.39 is 0 Å². The summed E-state index contributed by atoms with van der Waals surface area (Å²) in [6.07, 6.45) is 1.48. The molecule has 31 heavy (non-hydrogen) atoms. The number of rotatable bonds is 6. The van der Waals surface area contributed by atoms with E-state index in [1.54, 1.807) is 17.9 Å². The number of aryl methyl sites for hydroxylation is 1. The zero-order valence-electron chi connectivity index (χ0n) is 18.5. The average molecular weight is 426 g/mol. The topological polar surface area (TPSA) is 61.4 Å². The highest BCUT2D eigenvalue weighted by atomic mass is 19.1. The van der Waals surface area contributed by atoms with Gasteiger partial charge in [0.1, 0.15) is 5.82 Å². The highest BCUT2D eigenvalue weighted by Gasteiger charge is 2.35. The number of piperidine rings is 1. The number of halogens is 1. The monoisotopic (exact) mass is 425 g/mol. The van der Waals surface area contributed by atoms with Crippen LogP contribution in [0.4, 0.5) is 9.18 Å². The van der Waals surface area contributed by atoms with Crippen molar-refractivity contribution in [3.05, 3.63) is 71.0 Å². The lowest BCUT2D eigenvalue weighted by Gasteiger charge is -2.38. The Morgan fingerprint density at radius 1 is 1.16 bits per heavy atom. The number of hydrogen-bond acceptors (Lipinski definition) is 2. The van der Waals surface area contributed by atoms with Gasteiger partial charge in [0.25, 0.3) is 0 Å². The summed E-state index contributed by atoms with van der Waals surface area (Å²) in [6, 6.07) is 14.7. The maximum atomic E-state index is 13.8. The lowest BCUT2D eigenvalue weighted by Crippen LogP contribution is -2.51. The molecule has 1 aliphatic heterocycles. The van der Waals surface area contributed by atoms with Crippen molar-refractivity contribution in [3.8, 4) is 0 Å². The Hall–Kier alpha value is -2.89. The molecular formula is C25H32FN3O2. The number of nitrogens with one attached hydrogen (secondary N) is 2. The van der Waals surface area contributed by atoms with E-state index in [2.05, 4.69) is 10.6 Å². The summed E-state index contributed by atoms with van der Waals surface area (Å²) in [5.41, 5.74) is 2.55. The first-order chi connectivity index (χ1) is 14.9. The predicted molar refractivity (Wildman–Crippen MR) is 120 cm³/mol. The quantitative estimate of drug-likeness (QED) is 0.722. The molecular weight excluding hydrogens is 393 g/mol. The molecule has 1 fully saturated rings. The van der Waals surface area contributed by atoms with Crippen LogP contribution in [-0.4, -0.2) is 36.0 Å². The lowest BCUT2D eigenvalue weighted by molar-refractivity contribution is -0.127. The Morgan fingerprint density at radius 2 is 1.90 bits per heavy atom. The van der Waals surface area contributed by atoms with Crippen LogP contribution in [0.2, 0.25) is 0 Å². The molecule has 2 aromatic carbocycles. The minimum atomic E-state index is -0.305. The first kappa shape index (κ1) is 22.8. The van der Waals surface area contributed by atoms with Crippen LogP contribution in [0.1, 0.15) is 49.3 Å². The van der Waals surface area contributed by atoms with Crippen LogP contribution in [0.3, 0.4) is 0 Å². The van der Waals surface area contributed by atoms with Crippen LogP contribution >= 0.6 is 0 Å². The highest BCUT2D eigenvalue weighted by molar-refractivity contribution is 5.81. The average Bonchev–Trinajstić information content (AvgIpc) is 2.79. The van der Waals surface area contributed by atoms with Gasteiger partial charge < -0.3 is 15.5 Å². The molecule has 6 heteroatoms. The van der Waals surface area contributed by atoms with Gasteiger partial charge in [-0.2, -0.15) is 0 Å². The van der Waals surface area contributed by atoms with Gasteiger partial charge in [0.05, 0.1) is 5.92 Å². The molecule has 1 heterocycles. The molecule has 3 unspecified atom stereocenters. The zero-order chi connectivity index (χ0) is 22.4. The number of amides is 3. The van der Waals surface area contributed by atoms with Crippen LogP contribution < -0.4 is 10.6 Å². The molecule has 0 saturated carbocycles. The summed E-state index contributed by atoms with van der Waals surface area (Å²) in [4.78, 5) is 27.5. The first-order valence-corrected chi connectivity index (χ1v) is 11.0. The van der Waals surface area contributed by atoms with Crippen molar-refractivity contribution in [1.29, 1.82) is 0 Å². The van der Waals surface area contributed by atoms with Crippen molar-refractivity contribution in [2.45, 2.75) is 52.1 Å². The van der Waals surface area contributed by atoms with Gasteiger partial charge in [-0.05, 0) is 49.4 Å². The number of hydrogen-bond donors (Lipinski definition) is 2. The van der Waals surface area contributed by atoms with E-state index >= 15 is 0 Å². The molecule has 3 atom stereocenters. The van der Waals surface area contributed by atoms with Crippen molar-refractivity contribution in [1.82, 2.24) is 15.5 Å². The Labute approximate surface area is 184 Å². The maximum absolute atomic E-state index is 13.8. The molecule has 166 valence electrons. The Kier molecular flexibility index (Phi) is 7.66. The summed E-state index contributed by atoms with van der Waals surface area (Å²) in [6.45, 7) is 7.04. The van der Waals surface area contributed by atoms with Crippen molar-refractivity contribution < 1.29 is 14.0 Å². The second-order valence-electron chi connectivity index (χ2n) is 8.51. The number of carbonyl (C=O) groups is 2. The Balaban J connectivity index is 1.75. The molecule has 1 saturated heterocycles. The van der Waals surface area contributed by atoms with Crippen LogP contribution in [0.15, 0.2) is 48.5 Å². The van der Waals surface area contributed by atoms with Crippen LogP contribution in [0, 0.1) is 18.7 Å². The van der Waals surface area contributed by atoms with E-state index in [0.29, 0.717) is 31.6 Å². The summed E-state index contributed by atoms with van der Waals surface area (Å²) < 4.78 is 13.8. The van der Waals surface area contributed by atoms with Crippen molar-refractivity contribution in [2.24, 2.45) is 5.92 Å². The smallest absolute Gasteiger partial charge is 0.317 e. The summed E-state index contributed by atoms with van der Waals surface area (Å²) in [5, 5.41) is 6.02. The standard InChI is InChI=1S/C25H32FN3O2/c1-4-18(3)28-24(30)22-13-21(20-10-11-23(26)17(2)12-20)15-29(16-22)25(31)27-14-19-8-6-5-7-9-19/h5-12,18,21-22H,4,13-16H2,1-3H3,(H,27,31)(H,28,30). The fraction of sp³-hybridized carbons (Fsp3) is 0.440. The summed E-state index contributed by atoms with van der Waals surface area (Å²) >= 11 is 0. The third kappa shape index (κ3) is 6.06. The highest BCUT2D eigenvalue weighted by Crippen LogP contribution is 2.31. The van der Waals surface area contributed by atoms with Gasteiger partial charge in [-0.1, -0.05) is 49.4 Å². The summed E-state index contributed by atoms with van der Waals surface area (Å²) in [5.74, 6) is -0.606. The molecule has 3 rings (SSSR count). The number of benzene rings is 2. The van der Waals surface area contributed by atoms with Gasteiger partial charge in [0, 0.05) is 31.6 Å². The number of nitrogens with zero attached hydrogens (tertiary/aromatic N) is 1. The third-order valence-corrected chi connectivity index (χ3v) is 6.05. The van der Waals surface area contributed by atoms with Gasteiger partial charge in [-0.3, -0.25) is 4.79 Å². The van der Waals surface area contributed by atoms with Crippen molar-refractivity contribution >= 4 is 11.9 Å². The first-order valence-electron chi connectivity index (χ1n) is 11.0. The predicted octanol–water partition coefficient (Wildman–Crippen LogP) is 4.36. The van der Waals surface area contributed by atoms with E-state index in [9.17, 15) is 14.0 Å². The molecule has 2 N–H and O–H groups in total. The van der Waals surface area contributed by atoms with E-state index in [4.69, 9.17) is 0 Å². The second kappa shape index (κ2) is 10.4. The van der Waals surface area contributed by atoms with E-state index in [1.165, 1.54) is 6.07 Å². The Bertz CT molecular complexity index is 903. The van der Waals surface area contributed by atoms with Gasteiger partial charge >= 0.3 is 6.03 Å². The number of carbonyl (C=O) groups excluding carboxylic acids is 2. The van der Waals surface area contributed by atoms with Gasteiger partial charge in [0.15, 0.2) is 0 Å². The van der Waals surface area contributed by atoms with Gasteiger partial charge in [-0.25, -0.2) is 9.18 Å². The van der Waals surface area contributed by atoms with Crippen LogP contribution in [0.5, 0.6) is 0 Å². The molecule has 2 aromatic rings. The fourth-order valence-electron chi connectivity index (χ4n) is 3.97. The number of urea groups is 1. The maximum Gasteiger partial charge on any atom is 0.317 e. The van der Waals surface area contributed by atoms with Gasteiger partial charge in [-0.15, -0.1) is 0 Å². The molecule has 3 amide bonds. The fourth-order valence-corrected chi connectivity index (χ4v) is 3.97. The SMILES string of the molecule is CCC(C)NC(=O)C1CC(c2ccc(F)c(C)c2)CN(C(=O)NCc2ccccc2)C1. The largest absolute Gasteiger partial charge is 0.353 e.